The van der Waals surface area contributed by atoms with E-state index in [9.17, 15) is 18.4 Å². The lowest BCUT2D eigenvalue weighted by atomic mass is 10.1. The average Bonchev–Trinajstić information content (AvgIpc) is 3.72. The lowest BCUT2D eigenvalue weighted by Gasteiger charge is -2.40. The zero-order valence-corrected chi connectivity index (χ0v) is 35.7. The number of benzene rings is 4. The largest absolute Gasteiger partial charge is 0.495 e. The van der Waals surface area contributed by atoms with Gasteiger partial charge in [-0.3, -0.25) is 14.6 Å². The van der Waals surface area contributed by atoms with Crippen LogP contribution in [0.25, 0.3) is 12.2 Å². The molecule has 0 aliphatic carbocycles. The third-order valence-electron chi connectivity index (χ3n) is 11.3. The first kappa shape index (κ1) is 45.3. The number of carboxylic acids is 1. The number of halogens is 4. The van der Waals surface area contributed by atoms with E-state index >= 15 is 0 Å². The number of nitrogen functional groups attached to an aromatic ring is 2. The number of nitrogens with two attached hydrogens (primary N) is 2. The van der Waals surface area contributed by atoms with Gasteiger partial charge in [0, 0.05) is 98.1 Å². The van der Waals surface area contributed by atoms with Crippen LogP contribution in [0.2, 0.25) is 10.0 Å². The maximum Gasteiger partial charge on any atom is 0.328 e. The summed E-state index contributed by atoms with van der Waals surface area (Å²) in [6, 6.07) is 21.7. The van der Waals surface area contributed by atoms with E-state index in [0.717, 1.165) is 63.7 Å². The molecule has 61 heavy (non-hydrogen) atoms. The summed E-state index contributed by atoms with van der Waals surface area (Å²) in [5.74, 6) is -0.437. The summed E-state index contributed by atoms with van der Waals surface area (Å²) in [6.45, 7) is 5.64. The highest BCUT2D eigenvalue weighted by atomic mass is 35.5. The minimum Gasteiger partial charge on any atom is -0.495 e. The molecule has 4 aromatic rings. The van der Waals surface area contributed by atoms with Crippen molar-refractivity contribution < 1.29 is 33.0 Å². The summed E-state index contributed by atoms with van der Waals surface area (Å²) in [5.41, 5.74) is 16.1. The third-order valence-corrected chi connectivity index (χ3v) is 11.9. The number of ether oxygens (including phenoxy) is 2. The topological polar surface area (TPSA) is 147 Å². The van der Waals surface area contributed by atoms with Gasteiger partial charge in [0.1, 0.15) is 23.1 Å². The van der Waals surface area contributed by atoms with Gasteiger partial charge in [-0.2, -0.15) is 0 Å². The molecule has 324 valence electrons. The summed E-state index contributed by atoms with van der Waals surface area (Å²) in [6.07, 6.45) is 10.3. The number of carbonyl (C=O) groups excluding carboxylic acids is 1. The second-order valence-electron chi connectivity index (χ2n) is 15.6. The van der Waals surface area contributed by atoms with Crippen LogP contribution in [0.4, 0.5) is 20.2 Å². The summed E-state index contributed by atoms with van der Waals surface area (Å²) in [7, 11) is 3.02. The van der Waals surface area contributed by atoms with Crippen LogP contribution < -0.4 is 26.3 Å². The molecule has 0 saturated carbocycles. The van der Waals surface area contributed by atoms with Gasteiger partial charge in [0.15, 0.2) is 0 Å². The molecule has 4 aliphatic heterocycles. The Morgan fingerprint density at radius 2 is 1.13 bits per heavy atom. The van der Waals surface area contributed by atoms with E-state index in [1.165, 1.54) is 49.8 Å². The Hall–Kier alpha value is -5.18. The van der Waals surface area contributed by atoms with Crippen molar-refractivity contribution in [2.45, 2.75) is 62.9 Å². The number of nitrogens with one attached hydrogen (secondary N) is 1. The fraction of sp³-hybridized carbons (Fsp3) is 0.348. The second-order valence-corrected chi connectivity index (χ2v) is 16.5. The highest BCUT2D eigenvalue weighted by Gasteiger charge is 2.41. The van der Waals surface area contributed by atoms with Gasteiger partial charge in [-0.1, -0.05) is 47.5 Å². The molecule has 6 N–H and O–H groups in total. The third kappa shape index (κ3) is 12.5. The van der Waals surface area contributed by atoms with Crippen molar-refractivity contribution in [1.29, 1.82) is 0 Å². The molecule has 11 nitrogen and oxygen atoms in total. The number of carbonyl (C=O) groups is 2. The number of carboxylic acid groups (broad SMARTS) is 1. The van der Waals surface area contributed by atoms with Crippen LogP contribution in [-0.4, -0.2) is 96.2 Å². The van der Waals surface area contributed by atoms with Crippen molar-refractivity contribution in [1.82, 2.24) is 20.0 Å². The maximum atomic E-state index is 13.1. The van der Waals surface area contributed by atoms with E-state index in [1.54, 1.807) is 49.6 Å². The predicted octanol–water partition coefficient (Wildman–Crippen LogP) is 7.75. The highest BCUT2D eigenvalue weighted by molar-refractivity contribution is 6.32. The fourth-order valence-electron chi connectivity index (χ4n) is 8.37. The number of amides is 1. The zero-order chi connectivity index (χ0) is 43.6. The van der Waals surface area contributed by atoms with E-state index in [-0.39, 0.29) is 29.6 Å². The Labute approximate surface area is 365 Å². The van der Waals surface area contributed by atoms with Crippen LogP contribution in [-0.2, 0) is 22.7 Å². The summed E-state index contributed by atoms with van der Waals surface area (Å²) >= 11 is 11.9. The zero-order valence-electron chi connectivity index (χ0n) is 34.2. The Balaban J connectivity index is 0.000000169. The number of methoxy groups -OCH3 is 2. The normalized spacial score (nSPS) is 20.9. The molecule has 4 bridgehead atoms. The number of piperazine rings is 2. The van der Waals surface area contributed by atoms with Gasteiger partial charge < -0.3 is 36.3 Å². The molecule has 0 spiro atoms. The molecular formula is C46H52Cl2F2N6O5. The molecule has 4 heterocycles. The number of fused-ring (bicyclic) bond motifs is 4. The molecule has 4 saturated heterocycles. The Bertz CT molecular complexity index is 2180. The first-order valence-corrected chi connectivity index (χ1v) is 20.9. The Kier molecular flexibility index (Phi) is 15.7. The van der Waals surface area contributed by atoms with Crippen molar-refractivity contribution >= 4 is 58.6 Å². The minimum absolute atomic E-state index is 0.00255. The molecule has 1 amide bonds. The highest BCUT2D eigenvalue weighted by Crippen LogP contribution is 2.34. The van der Waals surface area contributed by atoms with E-state index in [4.69, 9.17) is 49.2 Å². The number of hydrogen-bond donors (Lipinski definition) is 4. The number of rotatable bonds is 10. The first-order chi connectivity index (χ1) is 29.3. The van der Waals surface area contributed by atoms with Crippen LogP contribution >= 0.6 is 23.2 Å². The fourth-order valence-corrected chi connectivity index (χ4v) is 8.87. The molecule has 15 heteroatoms. The maximum absolute atomic E-state index is 13.1. The van der Waals surface area contributed by atoms with Gasteiger partial charge in [-0.15, -0.1) is 0 Å². The van der Waals surface area contributed by atoms with Gasteiger partial charge in [0.25, 0.3) is 0 Å². The standard InChI is InChI=1S/C23H25ClFN3O2.C13H17FN2.C10H10ClNO3/c1-30-22-10-16(21(26)11-20(22)24)4-9-23(29)28-18-7-8-19(28)14-27(13-18)12-15-2-5-17(25)6-3-15;14-11-3-1-10(2-4-11)7-16-8-12-5-6-13(9-16)15-12;1-15-9-4-6(2-3-10(13)14)8(12)5-7(9)11/h2-6,9-11,18-19H,7-8,12-14,26H2,1H3;1-4,12-13,15H,5-9H2;2-5H,12H2,1H3,(H,13,14)/b9-4+;;3-2+. The van der Waals surface area contributed by atoms with Crippen LogP contribution in [0, 0.1) is 11.6 Å². The smallest absolute Gasteiger partial charge is 0.328 e. The van der Waals surface area contributed by atoms with Crippen molar-refractivity contribution in [2.75, 3.05) is 51.9 Å². The van der Waals surface area contributed by atoms with Gasteiger partial charge in [-0.05, 0) is 97.5 Å². The van der Waals surface area contributed by atoms with Crippen molar-refractivity contribution in [3.05, 3.63) is 129 Å². The SMILES string of the molecule is COc1cc(/C=C/C(=O)N2C3CCC2CN(Cc2ccc(F)cc2)C3)c(N)cc1Cl.COc1cc(/C=C/C(=O)O)c(N)cc1Cl.Fc1ccc(CN2CC3CCC(C2)N3)cc1. The van der Waals surface area contributed by atoms with Crippen LogP contribution in [0.15, 0.2) is 84.9 Å². The molecule has 4 fully saturated rings. The summed E-state index contributed by atoms with van der Waals surface area (Å²) in [5, 5.41) is 12.9. The van der Waals surface area contributed by atoms with Gasteiger partial charge in [-0.25, -0.2) is 13.6 Å². The van der Waals surface area contributed by atoms with Crippen molar-refractivity contribution in [3.8, 4) is 11.5 Å². The van der Waals surface area contributed by atoms with Gasteiger partial charge in [0.05, 0.1) is 24.3 Å². The number of aliphatic carboxylic acids is 1. The molecule has 8 rings (SSSR count). The van der Waals surface area contributed by atoms with Crippen LogP contribution in [0.5, 0.6) is 11.5 Å². The Morgan fingerprint density at radius 3 is 1.56 bits per heavy atom. The monoisotopic (exact) mass is 876 g/mol. The van der Waals surface area contributed by atoms with Crippen LogP contribution in [0.1, 0.15) is 47.9 Å². The predicted molar refractivity (Wildman–Crippen MR) is 237 cm³/mol. The molecule has 0 aromatic heterocycles. The molecule has 4 aromatic carbocycles. The quantitative estimate of drug-likeness (QED) is 0.0922. The van der Waals surface area contributed by atoms with E-state index in [0.29, 0.717) is 56.1 Å². The number of nitrogens with zero attached hydrogens (tertiary/aromatic N) is 3. The average molecular weight is 878 g/mol. The van der Waals surface area contributed by atoms with Crippen molar-refractivity contribution in [2.24, 2.45) is 0 Å². The van der Waals surface area contributed by atoms with Gasteiger partial charge in [0.2, 0.25) is 5.91 Å². The number of anilines is 2. The second kappa shape index (κ2) is 21.1. The molecule has 4 atom stereocenters. The number of hydrogen-bond acceptors (Lipinski definition) is 9. The molecule has 4 unspecified atom stereocenters. The first-order valence-electron chi connectivity index (χ1n) is 20.2. The molecule has 0 radical (unpaired) electrons. The Morgan fingerprint density at radius 1 is 0.705 bits per heavy atom. The van der Waals surface area contributed by atoms with E-state index in [1.807, 2.05) is 29.2 Å². The summed E-state index contributed by atoms with van der Waals surface area (Å²) in [4.78, 5) is 30.1. The van der Waals surface area contributed by atoms with Gasteiger partial charge >= 0.3 is 5.97 Å². The lowest BCUT2D eigenvalue weighted by Crippen LogP contribution is -2.55. The summed E-state index contributed by atoms with van der Waals surface area (Å²) < 4.78 is 36.1. The number of likely N-dealkylation sites (tertiary alicyclic amines) is 2. The van der Waals surface area contributed by atoms with E-state index < -0.39 is 5.97 Å². The minimum atomic E-state index is -1.04. The molecular weight excluding hydrogens is 825 g/mol. The van der Waals surface area contributed by atoms with Crippen molar-refractivity contribution in [3.63, 3.8) is 0 Å². The van der Waals surface area contributed by atoms with Crippen LogP contribution in [0.3, 0.4) is 0 Å². The van der Waals surface area contributed by atoms with E-state index in [2.05, 4.69) is 15.1 Å². The molecule has 4 aliphatic rings. The lowest BCUT2D eigenvalue weighted by molar-refractivity contribution is -0.132.